The number of hydrogen-bond donors (Lipinski definition) is 1. The smallest absolute Gasteiger partial charge is 0.303 e. The highest BCUT2D eigenvalue weighted by molar-refractivity contribution is 7.10. The molecule has 22 heavy (non-hydrogen) atoms. The molecule has 2 unspecified atom stereocenters. The normalized spacial score (nSPS) is 13.5. The molecule has 2 atom stereocenters. The zero-order chi connectivity index (χ0) is 16.3. The Morgan fingerprint density at radius 1 is 1.41 bits per heavy atom. The number of anilines is 1. The van der Waals surface area contributed by atoms with Crippen LogP contribution in [0.15, 0.2) is 17.8 Å². The molecule has 2 aromatic heterocycles. The van der Waals surface area contributed by atoms with Crippen molar-refractivity contribution in [1.29, 1.82) is 0 Å². The molecular formula is C15H18ClN3O2S. The van der Waals surface area contributed by atoms with E-state index in [1.54, 1.807) is 18.3 Å². The number of nitrogens with zero attached hydrogens (tertiary/aromatic N) is 2. The van der Waals surface area contributed by atoms with Gasteiger partial charge in [0.25, 0.3) is 0 Å². The van der Waals surface area contributed by atoms with Crippen molar-refractivity contribution in [3.05, 3.63) is 38.9 Å². The Kier molecular flexibility index (Phi) is 5.37. The minimum Gasteiger partial charge on any atom is -0.456 e. The van der Waals surface area contributed by atoms with E-state index in [1.165, 1.54) is 23.7 Å². The summed E-state index contributed by atoms with van der Waals surface area (Å²) in [5, 5.41) is 5.75. The lowest BCUT2D eigenvalue weighted by Gasteiger charge is -2.17. The van der Waals surface area contributed by atoms with E-state index in [-0.39, 0.29) is 12.0 Å². The van der Waals surface area contributed by atoms with Gasteiger partial charge in [0.15, 0.2) is 0 Å². The van der Waals surface area contributed by atoms with Crippen molar-refractivity contribution in [3.8, 4) is 0 Å². The van der Waals surface area contributed by atoms with Gasteiger partial charge in [-0.2, -0.15) is 0 Å². The largest absolute Gasteiger partial charge is 0.456 e. The van der Waals surface area contributed by atoms with Crippen LogP contribution in [0.2, 0.25) is 5.02 Å². The summed E-state index contributed by atoms with van der Waals surface area (Å²) in [6.45, 7) is 7.18. The maximum Gasteiger partial charge on any atom is 0.303 e. The van der Waals surface area contributed by atoms with Gasteiger partial charge in [-0.3, -0.25) is 4.79 Å². The van der Waals surface area contributed by atoms with Crippen LogP contribution in [-0.4, -0.2) is 15.9 Å². The van der Waals surface area contributed by atoms with Crippen LogP contribution in [-0.2, 0) is 9.53 Å². The molecule has 0 radical (unpaired) electrons. The van der Waals surface area contributed by atoms with Gasteiger partial charge in [0.05, 0.1) is 6.04 Å². The molecule has 0 amide bonds. The third kappa shape index (κ3) is 3.96. The molecule has 0 saturated carbocycles. The Morgan fingerprint density at radius 3 is 2.73 bits per heavy atom. The topological polar surface area (TPSA) is 64.1 Å². The second-order valence-corrected chi connectivity index (χ2v) is 6.39. The standard InChI is InChI=1S/C15H18ClN3O2S/c1-8-5-12(22-6-8)9(2)19-15-13(16)14(17-7-18-15)10(3)21-11(4)20/h5-7,9-10H,1-4H3,(H,17,18,19). The molecule has 0 fully saturated rings. The zero-order valence-corrected chi connectivity index (χ0v) is 14.5. The second-order valence-electron chi connectivity index (χ2n) is 5.07. The number of esters is 1. The molecule has 2 aromatic rings. The molecule has 2 rings (SSSR count). The molecule has 0 bridgehead atoms. The van der Waals surface area contributed by atoms with E-state index in [4.69, 9.17) is 16.3 Å². The molecule has 7 heteroatoms. The number of ether oxygens (including phenoxy) is 1. The maximum atomic E-state index is 11.1. The lowest BCUT2D eigenvalue weighted by Crippen LogP contribution is -2.11. The lowest BCUT2D eigenvalue weighted by molar-refractivity contribution is -0.145. The molecule has 0 aliphatic carbocycles. The van der Waals surface area contributed by atoms with Crippen molar-refractivity contribution in [2.24, 2.45) is 0 Å². The molecule has 2 heterocycles. The third-order valence-electron chi connectivity index (χ3n) is 3.08. The molecule has 1 N–H and O–H groups in total. The van der Waals surface area contributed by atoms with Crippen molar-refractivity contribution in [1.82, 2.24) is 9.97 Å². The summed E-state index contributed by atoms with van der Waals surface area (Å²) in [6, 6.07) is 2.20. The molecule has 0 spiro atoms. The quantitative estimate of drug-likeness (QED) is 0.823. The summed E-state index contributed by atoms with van der Waals surface area (Å²) in [4.78, 5) is 20.6. The number of aryl methyl sites for hydroxylation is 1. The van der Waals surface area contributed by atoms with Crippen LogP contribution < -0.4 is 5.32 Å². The average molecular weight is 340 g/mol. The first kappa shape index (κ1) is 16.7. The summed E-state index contributed by atoms with van der Waals surface area (Å²) in [5.74, 6) is 0.156. The zero-order valence-electron chi connectivity index (χ0n) is 12.9. The summed E-state index contributed by atoms with van der Waals surface area (Å²) >= 11 is 8.03. The fourth-order valence-electron chi connectivity index (χ4n) is 2.03. The fourth-order valence-corrected chi connectivity index (χ4v) is 3.24. The van der Waals surface area contributed by atoms with E-state index in [9.17, 15) is 4.79 Å². The van der Waals surface area contributed by atoms with E-state index in [0.29, 0.717) is 16.5 Å². The molecule has 0 aliphatic heterocycles. The molecule has 0 aromatic carbocycles. The first-order valence-corrected chi connectivity index (χ1v) is 8.13. The highest BCUT2D eigenvalue weighted by atomic mass is 35.5. The number of rotatable bonds is 5. The number of hydrogen-bond acceptors (Lipinski definition) is 6. The van der Waals surface area contributed by atoms with E-state index in [0.717, 1.165) is 0 Å². The van der Waals surface area contributed by atoms with Gasteiger partial charge < -0.3 is 10.1 Å². The van der Waals surface area contributed by atoms with Gasteiger partial charge in [-0.1, -0.05) is 11.6 Å². The van der Waals surface area contributed by atoms with Crippen molar-refractivity contribution < 1.29 is 9.53 Å². The van der Waals surface area contributed by atoms with Crippen LogP contribution in [0.4, 0.5) is 5.82 Å². The Balaban J connectivity index is 2.19. The van der Waals surface area contributed by atoms with Gasteiger partial charge in [-0.05, 0) is 37.8 Å². The molecule has 0 aliphatic rings. The van der Waals surface area contributed by atoms with Gasteiger partial charge >= 0.3 is 5.97 Å². The van der Waals surface area contributed by atoms with Gasteiger partial charge in [-0.15, -0.1) is 11.3 Å². The number of thiophene rings is 1. The van der Waals surface area contributed by atoms with Crippen LogP contribution in [0.1, 0.15) is 49.1 Å². The Hall–Kier alpha value is -1.66. The van der Waals surface area contributed by atoms with E-state index >= 15 is 0 Å². The summed E-state index contributed by atoms with van der Waals surface area (Å²) in [5.41, 5.74) is 1.72. The Labute approximate surface area is 138 Å². The van der Waals surface area contributed by atoms with E-state index in [1.807, 2.05) is 6.92 Å². The summed E-state index contributed by atoms with van der Waals surface area (Å²) in [7, 11) is 0. The molecular weight excluding hydrogens is 322 g/mol. The van der Waals surface area contributed by atoms with Crippen LogP contribution in [0, 0.1) is 6.92 Å². The lowest BCUT2D eigenvalue weighted by atomic mass is 10.2. The summed E-state index contributed by atoms with van der Waals surface area (Å²) in [6.07, 6.45) is 0.892. The monoisotopic (exact) mass is 339 g/mol. The van der Waals surface area contributed by atoms with E-state index < -0.39 is 6.10 Å². The predicted octanol–water partition coefficient (Wildman–Crippen LogP) is 4.30. The highest BCUT2D eigenvalue weighted by Gasteiger charge is 2.19. The van der Waals surface area contributed by atoms with Gasteiger partial charge in [0.2, 0.25) is 0 Å². The minimum absolute atomic E-state index is 0.0722. The van der Waals surface area contributed by atoms with Crippen molar-refractivity contribution in [3.63, 3.8) is 0 Å². The summed E-state index contributed by atoms with van der Waals surface area (Å²) < 4.78 is 5.13. The average Bonchev–Trinajstić information content (AvgIpc) is 2.87. The number of carbonyl (C=O) groups is 1. The Bertz CT molecular complexity index is 675. The van der Waals surface area contributed by atoms with E-state index in [2.05, 4.69) is 33.7 Å². The number of halogens is 1. The third-order valence-corrected chi connectivity index (χ3v) is 4.68. The first-order valence-electron chi connectivity index (χ1n) is 6.87. The SMILES string of the molecule is CC(=O)OC(C)c1ncnc(NC(C)c2cc(C)cs2)c1Cl. The van der Waals surface area contributed by atoms with Crippen LogP contribution in [0.25, 0.3) is 0 Å². The fraction of sp³-hybridized carbons (Fsp3) is 0.400. The van der Waals surface area contributed by atoms with Crippen molar-refractivity contribution >= 4 is 34.7 Å². The number of carbonyl (C=O) groups excluding carboxylic acids is 1. The number of aromatic nitrogens is 2. The number of nitrogens with one attached hydrogen (secondary N) is 1. The Morgan fingerprint density at radius 2 is 2.14 bits per heavy atom. The first-order chi connectivity index (χ1) is 10.4. The van der Waals surface area contributed by atoms with Crippen molar-refractivity contribution in [2.75, 3.05) is 5.32 Å². The van der Waals surface area contributed by atoms with Crippen LogP contribution >= 0.6 is 22.9 Å². The second kappa shape index (κ2) is 7.07. The van der Waals surface area contributed by atoms with Crippen LogP contribution in [0.3, 0.4) is 0 Å². The highest BCUT2D eigenvalue weighted by Crippen LogP contribution is 2.31. The van der Waals surface area contributed by atoms with Gasteiger partial charge in [0, 0.05) is 11.8 Å². The maximum absolute atomic E-state index is 11.1. The van der Waals surface area contributed by atoms with Crippen LogP contribution in [0.5, 0.6) is 0 Å². The molecule has 0 saturated heterocycles. The predicted molar refractivity (Wildman–Crippen MR) is 88.3 cm³/mol. The van der Waals surface area contributed by atoms with Crippen molar-refractivity contribution in [2.45, 2.75) is 39.8 Å². The minimum atomic E-state index is -0.521. The van der Waals surface area contributed by atoms with Gasteiger partial charge in [-0.25, -0.2) is 9.97 Å². The van der Waals surface area contributed by atoms with Gasteiger partial charge in [0.1, 0.15) is 29.0 Å². The molecule has 5 nitrogen and oxygen atoms in total. The molecule has 118 valence electrons.